The van der Waals surface area contributed by atoms with Gasteiger partial charge in [0.15, 0.2) is 0 Å². The third-order valence-corrected chi connectivity index (χ3v) is 17.1. The van der Waals surface area contributed by atoms with Crippen molar-refractivity contribution in [2.45, 2.75) is 0 Å². The highest BCUT2D eigenvalue weighted by Crippen LogP contribution is 2.49. The highest BCUT2D eigenvalue weighted by molar-refractivity contribution is 6.26. The SMILES string of the molecule is c1cc(-c2c3ccccc3c(-c3ccc(-c4cccc5c4oc4ccccc45)cc3)c3ccccc23)c2cc(-c3ccc4cccc(-c5c6ccccc6c(-c6ccc7oc8ccccc8c7c6)c6ccccc56)c4c3)ccc2c1. The van der Waals surface area contributed by atoms with Gasteiger partial charge < -0.3 is 8.83 Å². The summed E-state index contributed by atoms with van der Waals surface area (Å²) >= 11 is 0. The molecular weight excluding hydrogens is 969 g/mol. The second-order valence-corrected chi connectivity index (χ2v) is 21.3. The largest absolute Gasteiger partial charge is 0.456 e. The van der Waals surface area contributed by atoms with Crippen LogP contribution in [0, 0.1) is 0 Å². The van der Waals surface area contributed by atoms with E-state index in [1.54, 1.807) is 0 Å². The highest BCUT2D eigenvalue weighted by Gasteiger charge is 2.22. The fourth-order valence-corrected chi connectivity index (χ4v) is 13.5. The molecule has 0 radical (unpaired) electrons. The van der Waals surface area contributed by atoms with E-state index in [-0.39, 0.29) is 0 Å². The van der Waals surface area contributed by atoms with E-state index in [0.717, 1.165) is 55.0 Å². The van der Waals surface area contributed by atoms with Crippen molar-refractivity contribution < 1.29 is 8.83 Å². The van der Waals surface area contributed by atoms with E-state index in [1.807, 2.05) is 12.1 Å². The Labute approximate surface area is 460 Å². The minimum atomic E-state index is 0.902. The van der Waals surface area contributed by atoms with Gasteiger partial charge in [0.05, 0.1) is 0 Å². The maximum absolute atomic E-state index is 6.48. The highest BCUT2D eigenvalue weighted by atomic mass is 16.3. The molecule has 0 spiro atoms. The first-order valence-electron chi connectivity index (χ1n) is 27.5. The van der Waals surface area contributed by atoms with E-state index < -0.39 is 0 Å². The van der Waals surface area contributed by atoms with E-state index in [0.29, 0.717) is 0 Å². The van der Waals surface area contributed by atoms with Crippen LogP contribution in [0.25, 0.3) is 175 Å². The summed E-state index contributed by atoms with van der Waals surface area (Å²) in [7, 11) is 0. The number of benzene rings is 15. The summed E-state index contributed by atoms with van der Waals surface area (Å²) in [5.74, 6) is 0. The number of hydrogen-bond acceptors (Lipinski definition) is 2. The van der Waals surface area contributed by atoms with Crippen LogP contribution in [0.1, 0.15) is 0 Å². The minimum absolute atomic E-state index is 0.902. The van der Waals surface area contributed by atoms with Crippen molar-refractivity contribution in [3.8, 4) is 66.8 Å². The Morgan fingerprint density at radius 3 is 1.05 bits per heavy atom. The zero-order valence-electron chi connectivity index (χ0n) is 43.4. The summed E-state index contributed by atoms with van der Waals surface area (Å²) in [6, 6.07) is 102. The summed E-state index contributed by atoms with van der Waals surface area (Å²) in [4.78, 5) is 0. The first-order chi connectivity index (χ1) is 39.7. The van der Waals surface area contributed by atoms with Gasteiger partial charge in [0, 0.05) is 27.1 Å². The van der Waals surface area contributed by atoms with Crippen LogP contribution in [-0.2, 0) is 0 Å². The summed E-state index contributed by atoms with van der Waals surface area (Å²) in [6.07, 6.45) is 0. The second-order valence-electron chi connectivity index (χ2n) is 21.3. The van der Waals surface area contributed by atoms with Crippen LogP contribution >= 0.6 is 0 Å². The molecule has 2 aromatic heterocycles. The topological polar surface area (TPSA) is 26.3 Å². The Hall–Kier alpha value is -10.5. The van der Waals surface area contributed by atoms with E-state index in [2.05, 4.69) is 267 Å². The molecule has 17 rings (SSSR count). The number of para-hydroxylation sites is 3. The van der Waals surface area contributed by atoms with Gasteiger partial charge >= 0.3 is 0 Å². The third kappa shape index (κ3) is 6.73. The van der Waals surface area contributed by atoms with Crippen LogP contribution < -0.4 is 0 Å². The number of hydrogen-bond donors (Lipinski definition) is 0. The molecule has 2 heterocycles. The van der Waals surface area contributed by atoms with Crippen molar-refractivity contribution in [1.82, 2.24) is 0 Å². The normalized spacial score (nSPS) is 12.0. The molecule has 0 aliphatic rings. The summed E-state index contributed by atoms with van der Waals surface area (Å²) in [5, 5.41) is 19.2. The molecule has 0 fully saturated rings. The van der Waals surface area contributed by atoms with Gasteiger partial charge in [-0.25, -0.2) is 0 Å². The monoisotopic (exact) mass is 1010 g/mol. The van der Waals surface area contributed by atoms with Crippen LogP contribution in [0.15, 0.2) is 288 Å². The van der Waals surface area contributed by atoms with Gasteiger partial charge in [-0.05, 0) is 162 Å². The van der Waals surface area contributed by atoms with E-state index in [4.69, 9.17) is 8.83 Å². The zero-order chi connectivity index (χ0) is 52.4. The quantitative estimate of drug-likeness (QED) is 0.155. The van der Waals surface area contributed by atoms with Crippen molar-refractivity contribution in [2.75, 3.05) is 0 Å². The molecule has 17 aromatic rings. The minimum Gasteiger partial charge on any atom is -0.456 e. The lowest BCUT2D eigenvalue weighted by molar-refractivity contribution is 0.669. The number of rotatable bonds is 6. The summed E-state index contributed by atoms with van der Waals surface area (Å²) < 4.78 is 12.8. The molecule has 0 saturated carbocycles. The lowest BCUT2D eigenvalue weighted by atomic mass is 9.83. The van der Waals surface area contributed by atoms with Gasteiger partial charge in [-0.3, -0.25) is 0 Å². The van der Waals surface area contributed by atoms with E-state index >= 15 is 0 Å². The second kappa shape index (κ2) is 17.5. The van der Waals surface area contributed by atoms with Crippen molar-refractivity contribution in [3.05, 3.63) is 279 Å². The van der Waals surface area contributed by atoms with Gasteiger partial charge in [0.2, 0.25) is 0 Å². The van der Waals surface area contributed by atoms with Gasteiger partial charge in [-0.1, -0.05) is 243 Å². The molecule has 0 unspecified atom stereocenters. The smallest absolute Gasteiger partial charge is 0.143 e. The first-order valence-corrected chi connectivity index (χ1v) is 27.5. The molecule has 0 saturated heterocycles. The summed E-state index contributed by atoms with van der Waals surface area (Å²) in [6.45, 7) is 0. The van der Waals surface area contributed by atoms with Gasteiger partial charge in [-0.15, -0.1) is 0 Å². The Morgan fingerprint density at radius 2 is 0.525 bits per heavy atom. The zero-order valence-corrected chi connectivity index (χ0v) is 43.4. The third-order valence-electron chi connectivity index (χ3n) is 17.1. The van der Waals surface area contributed by atoms with Crippen LogP contribution in [-0.4, -0.2) is 0 Å². The lowest BCUT2D eigenvalue weighted by Gasteiger charge is -2.20. The molecule has 0 amide bonds. The Morgan fingerprint density at radius 1 is 0.175 bits per heavy atom. The molecule has 2 heteroatoms. The number of fused-ring (bicyclic) bond motifs is 12. The summed E-state index contributed by atoms with van der Waals surface area (Å²) in [5.41, 5.74) is 18.0. The van der Waals surface area contributed by atoms with Gasteiger partial charge in [0.1, 0.15) is 22.3 Å². The van der Waals surface area contributed by atoms with Crippen molar-refractivity contribution in [3.63, 3.8) is 0 Å². The van der Waals surface area contributed by atoms with Crippen molar-refractivity contribution >= 4 is 109 Å². The van der Waals surface area contributed by atoms with Gasteiger partial charge in [-0.2, -0.15) is 0 Å². The molecule has 15 aromatic carbocycles. The predicted molar refractivity (Wildman–Crippen MR) is 339 cm³/mol. The Bertz CT molecular complexity index is 5310. The number of furan rings is 2. The standard InChI is InChI=1S/C78H46O2/c1-5-24-61-57(20-1)74(50-38-34-49(35-39-50)54-28-15-31-67-55-18-9-12-33-72(55)80-78(54)67)58-21-2-6-25-62(58)76(61)65-29-13-16-47-36-40-51(44-68(47)65)52-41-37-48-17-14-30-66(69(48)45-52)77-63-26-7-3-22-59(63)75(60-23-4-8-27-64(60)77)53-42-43-73-70(46-53)56-19-10-11-32-71(56)79-73/h1-46H. The van der Waals surface area contributed by atoms with E-state index in [9.17, 15) is 0 Å². The molecule has 0 aliphatic heterocycles. The molecule has 0 atom stereocenters. The van der Waals surface area contributed by atoms with Crippen LogP contribution in [0.3, 0.4) is 0 Å². The lowest BCUT2D eigenvalue weighted by Crippen LogP contribution is -1.92. The molecule has 2 nitrogen and oxygen atoms in total. The average Bonchev–Trinajstić information content (AvgIpc) is 4.24. The fraction of sp³-hybridized carbons (Fsp3) is 0. The Balaban J connectivity index is 0.806. The van der Waals surface area contributed by atoms with Crippen molar-refractivity contribution in [2.24, 2.45) is 0 Å². The van der Waals surface area contributed by atoms with E-state index in [1.165, 1.54) is 120 Å². The van der Waals surface area contributed by atoms with Crippen LogP contribution in [0.4, 0.5) is 0 Å². The first kappa shape index (κ1) is 44.6. The molecule has 80 heavy (non-hydrogen) atoms. The molecule has 0 N–H and O–H groups in total. The predicted octanol–water partition coefficient (Wildman–Crippen LogP) is 22.4. The molecule has 0 bridgehead atoms. The maximum Gasteiger partial charge on any atom is 0.143 e. The molecule has 0 aliphatic carbocycles. The Kier molecular flexibility index (Phi) is 9.75. The van der Waals surface area contributed by atoms with Gasteiger partial charge in [0.25, 0.3) is 0 Å². The van der Waals surface area contributed by atoms with Crippen molar-refractivity contribution in [1.29, 1.82) is 0 Å². The maximum atomic E-state index is 6.48. The van der Waals surface area contributed by atoms with Crippen LogP contribution in [0.2, 0.25) is 0 Å². The molecular formula is C78H46O2. The average molecular weight is 1020 g/mol. The molecule has 370 valence electrons. The fourth-order valence-electron chi connectivity index (χ4n) is 13.5. The van der Waals surface area contributed by atoms with Crippen LogP contribution in [0.5, 0.6) is 0 Å².